The minimum atomic E-state index is -4.40. The molecule has 0 aromatic rings. The zero-order chi connectivity index (χ0) is 65.5. The molecule has 90 heavy (non-hydrogen) atoms. The maximum Gasteiger partial charge on any atom is 0.472 e. The maximum absolute atomic E-state index is 12.9. The highest BCUT2D eigenvalue weighted by atomic mass is 31.2. The number of rotatable bonds is 66. The van der Waals surface area contributed by atoms with Gasteiger partial charge in [-0.2, -0.15) is 0 Å². The van der Waals surface area contributed by atoms with Crippen molar-refractivity contribution in [2.24, 2.45) is 0 Å². The first-order valence-corrected chi connectivity index (χ1v) is 38.1. The molecular weight excluding hydrogens is 1130 g/mol. The predicted molar refractivity (Wildman–Crippen MR) is 390 cm³/mol. The third-order valence-corrected chi connectivity index (χ3v) is 16.3. The molecule has 2 atom stereocenters. The minimum absolute atomic E-state index is 0.0263. The predicted octanol–water partition coefficient (Wildman–Crippen LogP) is 24.2. The van der Waals surface area contributed by atoms with Crippen LogP contribution in [-0.4, -0.2) is 74.9 Å². The Hall–Kier alpha value is -4.11. The lowest BCUT2D eigenvalue weighted by atomic mass is 10.0. The number of ether oxygens (including phenoxy) is 2. The summed E-state index contributed by atoms with van der Waals surface area (Å²) in [4.78, 5) is 35.9. The lowest BCUT2D eigenvalue weighted by molar-refractivity contribution is -0.870. The first-order valence-electron chi connectivity index (χ1n) is 36.6. The van der Waals surface area contributed by atoms with Crippen molar-refractivity contribution in [1.29, 1.82) is 0 Å². The highest BCUT2D eigenvalue weighted by Crippen LogP contribution is 2.43. The van der Waals surface area contributed by atoms with Crippen molar-refractivity contribution in [2.45, 2.75) is 302 Å². The first kappa shape index (κ1) is 85.9. The van der Waals surface area contributed by atoms with Gasteiger partial charge in [0.2, 0.25) is 0 Å². The molecule has 9 nitrogen and oxygen atoms in total. The topological polar surface area (TPSA) is 108 Å². The van der Waals surface area contributed by atoms with Gasteiger partial charge in [-0.1, -0.05) is 314 Å². The number of hydrogen-bond donors (Lipinski definition) is 1. The fraction of sp³-hybridized carbons (Fsp3) is 0.675. The van der Waals surface area contributed by atoms with Crippen LogP contribution in [0.1, 0.15) is 296 Å². The molecule has 0 aliphatic heterocycles. The average molecular weight is 1270 g/mol. The summed E-state index contributed by atoms with van der Waals surface area (Å²) in [5.74, 6) is -0.798. The Morgan fingerprint density at radius 1 is 0.344 bits per heavy atom. The van der Waals surface area contributed by atoms with E-state index in [1.807, 2.05) is 21.1 Å². The molecule has 1 N–H and O–H groups in total. The fourth-order valence-electron chi connectivity index (χ4n) is 9.85. The van der Waals surface area contributed by atoms with Gasteiger partial charge in [0.15, 0.2) is 6.10 Å². The second kappa shape index (κ2) is 69.2. The summed E-state index contributed by atoms with van der Waals surface area (Å²) in [6.07, 6.45) is 102. The van der Waals surface area contributed by atoms with E-state index in [1.54, 1.807) is 0 Å². The lowest BCUT2D eigenvalue weighted by Crippen LogP contribution is -2.37. The fourth-order valence-corrected chi connectivity index (χ4v) is 10.6. The normalized spacial score (nSPS) is 14.0. The summed E-state index contributed by atoms with van der Waals surface area (Å²) in [7, 11) is 1.47. The van der Waals surface area contributed by atoms with E-state index in [1.165, 1.54) is 148 Å². The van der Waals surface area contributed by atoms with Crippen molar-refractivity contribution in [2.75, 3.05) is 47.5 Å². The van der Waals surface area contributed by atoms with Crippen molar-refractivity contribution in [3.05, 3.63) is 146 Å². The van der Waals surface area contributed by atoms with Crippen LogP contribution in [0.3, 0.4) is 0 Å². The maximum atomic E-state index is 12.9. The zero-order valence-electron chi connectivity index (χ0n) is 58.6. The highest BCUT2D eigenvalue weighted by Gasteiger charge is 2.27. The van der Waals surface area contributed by atoms with E-state index in [0.717, 1.165) is 116 Å². The summed E-state index contributed by atoms with van der Waals surface area (Å²) in [5, 5.41) is 0. The number of esters is 2. The van der Waals surface area contributed by atoms with E-state index in [4.69, 9.17) is 18.5 Å². The molecule has 0 saturated carbocycles. The van der Waals surface area contributed by atoms with Gasteiger partial charge >= 0.3 is 19.8 Å². The number of allylic oxidation sites excluding steroid dienone is 24. The van der Waals surface area contributed by atoms with Crippen molar-refractivity contribution in [3.8, 4) is 0 Å². The number of carbonyl (C=O) groups excluding carboxylic acids is 2. The van der Waals surface area contributed by atoms with Gasteiger partial charge in [-0.05, 0) is 116 Å². The van der Waals surface area contributed by atoms with Crippen LogP contribution in [0.4, 0.5) is 0 Å². The molecule has 0 saturated heterocycles. The molecule has 514 valence electrons. The molecule has 0 aromatic heterocycles. The number of hydrogen-bond acceptors (Lipinski definition) is 7. The lowest BCUT2D eigenvalue weighted by Gasteiger charge is -2.24. The third-order valence-electron chi connectivity index (χ3n) is 15.4. The van der Waals surface area contributed by atoms with E-state index in [2.05, 4.69) is 160 Å². The highest BCUT2D eigenvalue weighted by molar-refractivity contribution is 7.47. The molecule has 0 rings (SSSR count). The summed E-state index contributed by atoms with van der Waals surface area (Å²) in [6, 6.07) is 0. The summed E-state index contributed by atoms with van der Waals surface area (Å²) in [6.45, 7) is 4.22. The molecule has 0 radical (unpaired) electrons. The van der Waals surface area contributed by atoms with Crippen LogP contribution < -0.4 is 0 Å². The van der Waals surface area contributed by atoms with E-state index in [0.29, 0.717) is 17.4 Å². The number of quaternary nitrogens is 1. The van der Waals surface area contributed by atoms with Crippen molar-refractivity contribution < 1.29 is 42.1 Å². The molecule has 0 bridgehead atoms. The third kappa shape index (κ3) is 72.9. The van der Waals surface area contributed by atoms with Crippen LogP contribution in [0.15, 0.2) is 146 Å². The Balaban J connectivity index is 4.05. The molecule has 0 aliphatic carbocycles. The standard InChI is InChI=1S/C80H136NO8P/c1-6-8-10-12-14-16-18-20-22-24-26-28-30-32-34-36-38-39-40-41-43-45-47-49-51-53-55-57-59-61-63-65-67-69-71-73-80(83)89-78(77-88-90(84,85)87-75-74-81(3,4)5)76-86-79(82)72-70-68-66-64-62-60-58-56-54-52-50-48-46-44-42-37-35-33-31-29-27-25-23-21-19-17-15-13-11-9-7-2/h8-11,14-17,20-23,26-29,32-35,38-39,42,44,78H,6-7,12-13,18-19,24-25,30-31,36-37,40-41,43,45-77H2,1-5H3/p+1/b10-8-,11-9-,16-14-,17-15-,22-20-,23-21-,28-26-,29-27-,34-32-,35-33-,39-38-,44-42-. The summed E-state index contributed by atoms with van der Waals surface area (Å²) < 4.78 is 34.8. The van der Waals surface area contributed by atoms with E-state index in [-0.39, 0.29) is 32.0 Å². The van der Waals surface area contributed by atoms with Crippen LogP contribution in [0.25, 0.3) is 0 Å². The van der Waals surface area contributed by atoms with Gasteiger partial charge in [-0.15, -0.1) is 0 Å². The molecule has 0 heterocycles. The van der Waals surface area contributed by atoms with Gasteiger partial charge in [0.25, 0.3) is 0 Å². The minimum Gasteiger partial charge on any atom is -0.462 e. The second-order valence-corrected chi connectivity index (χ2v) is 26.7. The Labute approximate surface area is 554 Å². The SMILES string of the molecule is CC/C=C\C/C=C\C/C=C\C/C=C\C/C=C\C/C=C\CCCCCCCCCCCCCCCCCCC(=O)OC(COC(=O)CCCCCCCCCCCCCC/C=C\C/C=C\C/C=C\C/C=C\C/C=C\C/C=C\CC)COP(=O)(O)OCC[N+](C)(C)C. The van der Waals surface area contributed by atoms with Crippen LogP contribution in [0, 0.1) is 0 Å². The molecule has 2 unspecified atom stereocenters. The van der Waals surface area contributed by atoms with E-state index >= 15 is 0 Å². The first-order chi connectivity index (χ1) is 44.0. The Morgan fingerprint density at radius 3 is 0.889 bits per heavy atom. The van der Waals surface area contributed by atoms with Crippen molar-refractivity contribution in [3.63, 3.8) is 0 Å². The largest absolute Gasteiger partial charge is 0.472 e. The second-order valence-electron chi connectivity index (χ2n) is 25.2. The number of phosphoric acid groups is 1. The van der Waals surface area contributed by atoms with Gasteiger partial charge in [-0.25, -0.2) is 4.57 Å². The number of carbonyl (C=O) groups is 2. The molecular formula is C80H137NO8P+. The molecule has 0 amide bonds. The van der Waals surface area contributed by atoms with Crippen LogP contribution >= 0.6 is 7.82 Å². The van der Waals surface area contributed by atoms with Crippen LogP contribution in [0.2, 0.25) is 0 Å². The Kier molecular flexibility index (Phi) is 66.1. The monoisotopic (exact) mass is 1270 g/mol. The molecule has 0 spiro atoms. The van der Waals surface area contributed by atoms with Gasteiger partial charge in [0.05, 0.1) is 27.7 Å². The number of nitrogens with zero attached hydrogens (tertiary/aromatic N) is 1. The zero-order valence-corrected chi connectivity index (χ0v) is 59.5. The van der Waals surface area contributed by atoms with Gasteiger partial charge in [0.1, 0.15) is 19.8 Å². The molecule has 0 aliphatic rings. The van der Waals surface area contributed by atoms with Gasteiger partial charge in [-0.3, -0.25) is 18.6 Å². The molecule has 0 fully saturated rings. The van der Waals surface area contributed by atoms with Crippen LogP contribution in [-0.2, 0) is 32.7 Å². The Morgan fingerprint density at radius 2 is 0.600 bits per heavy atom. The van der Waals surface area contributed by atoms with E-state index < -0.39 is 26.5 Å². The number of likely N-dealkylation sites (N-methyl/N-ethyl adjacent to an activating group) is 1. The quantitative estimate of drug-likeness (QED) is 0.0211. The average Bonchev–Trinajstić information content (AvgIpc) is 3.61. The summed E-state index contributed by atoms with van der Waals surface area (Å²) in [5.41, 5.74) is 0. The Bertz CT molecular complexity index is 2030. The number of unbranched alkanes of at least 4 members (excludes halogenated alkanes) is 28. The smallest absolute Gasteiger partial charge is 0.462 e. The molecule has 0 aromatic carbocycles. The van der Waals surface area contributed by atoms with Crippen molar-refractivity contribution in [1.82, 2.24) is 0 Å². The van der Waals surface area contributed by atoms with Crippen molar-refractivity contribution >= 4 is 19.8 Å². The number of phosphoric ester groups is 1. The summed E-state index contributed by atoms with van der Waals surface area (Å²) >= 11 is 0. The van der Waals surface area contributed by atoms with Crippen LogP contribution in [0.5, 0.6) is 0 Å². The van der Waals surface area contributed by atoms with Gasteiger partial charge in [0, 0.05) is 12.8 Å². The van der Waals surface area contributed by atoms with E-state index in [9.17, 15) is 19.0 Å². The van der Waals surface area contributed by atoms with Gasteiger partial charge < -0.3 is 18.9 Å². The molecule has 10 heteroatoms.